The largest absolute Gasteiger partial charge is 0.391 e. The van der Waals surface area contributed by atoms with E-state index in [9.17, 15) is 9.90 Å². The maximum atomic E-state index is 12.0. The molecule has 3 N–H and O–H groups in total. The maximum absolute atomic E-state index is 12.0. The van der Waals surface area contributed by atoms with Crippen LogP contribution in [0, 0.1) is 6.92 Å². The first-order valence-electron chi connectivity index (χ1n) is 8.62. The Morgan fingerprint density at radius 2 is 2.13 bits per heavy atom. The molecule has 0 saturated carbocycles. The third-order valence-corrected chi connectivity index (χ3v) is 4.28. The number of carbonyl (C=O) groups is 1. The van der Waals surface area contributed by atoms with Crippen molar-refractivity contribution in [2.24, 2.45) is 0 Å². The van der Waals surface area contributed by atoms with Gasteiger partial charge < -0.3 is 20.6 Å². The Hall–Kier alpha value is -1.75. The topological polar surface area (TPSA) is 64.6 Å². The maximum Gasteiger partial charge on any atom is 0.315 e. The third kappa shape index (κ3) is 5.75. The van der Waals surface area contributed by atoms with Crippen LogP contribution < -0.4 is 15.5 Å². The average molecular weight is 319 g/mol. The van der Waals surface area contributed by atoms with E-state index < -0.39 is 6.10 Å². The minimum atomic E-state index is -0.457. The van der Waals surface area contributed by atoms with Crippen LogP contribution in [-0.2, 0) is 0 Å². The highest BCUT2D eigenvalue weighted by molar-refractivity contribution is 5.74. The molecule has 128 valence electrons. The van der Waals surface area contributed by atoms with E-state index in [0.717, 1.165) is 32.4 Å². The Morgan fingerprint density at radius 3 is 2.83 bits per heavy atom. The van der Waals surface area contributed by atoms with Gasteiger partial charge in [0.2, 0.25) is 0 Å². The van der Waals surface area contributed by atoms with Crippen molar-refractivity contribution in [3.8, 4) is 0 Å². The van der Waals surface area contributed by atoms with Gasteiger partial charge in [-0.2, -0.15) is 0 Å². The second-order valence-electron chi connectivity index (χ2n) is 6.42. The number of anilines is 1. The van der Waals surface area contributed by atoms with Gasteiger partial charge in [0.05, 0.1) is 6.10 Å². The molecule has 0 bridgehead atoms. The summed E-state index contributed by atoms with van der Waals surface area (Å²) >= 11 is 0. The number of nitrogens with one attached hydrogen (secondary N) is 2. The second kappa shape index (κ2) is 8.77. The predicted octanol–water partition coefficient (Wildman–Crippen LogP) is 2.42. The number of urea groups is 1. The van der Waals surface area contributed by atoms with E-state index in [1.807, 2.05) is 6.92 Å². The SMILES string of the molecule is CCCC(O)CNC(=O)NC1CCCN(c2ccc(C)cc2)C1. The van der Waals surface area contributed by atoms with Gasteiger partial charge in [-0.15, -0.1) is 0 Å². The molecule has 0 aliphatic carbocycles. The van der Waals surface area contributed by atoms with Crippen molar-refractivity contribution < 1.29 is 9.90 Å². The summed E-state index contributed by atoms with van der Waals surface area (Å²) in [5.74, 6) is 0. The summed E-state index contributed by atoms with van der Waals surface area (Å²) in [6.45, 7) is 6.27. The van der Waals surface area contributed by atoms with Gasteiger partial charge in [-0.3, -0.25) is 0 Å². The minimum Gasteiger partial charge on any atom is -0.391 e. The van der Waals surface area contributed by atoms with Crippen LogP contribution in [0.4, 0.5) is 10.5 Å². The van der Waals surface area contributed by atoms with Crippen molar-refractivity contribution in [3.05, 3.63) is 29.8 Å². The Balaban J connectivity index is 1.79. The number of rotatable bonds is 6. The summed E-state index contributed by atoms with van der Waals surface area (Å²) in [6.07, 6.45) is 3.23. The van der Waals surface area contributed by atoms with E-state index in [-0.39, 0.29) is 12.1 Å². The second-order valence-corrected chi connectivity index (χ2v) is 6.42. The Bertz CT molecular complexity index is 490. The molecule has 1 aliphatic heterocycles. The standard InChI is InChI=1S/C18H29N3O2/c1-3-5-17(22)12-19-18(23)20-15-6-4-11-21(13-15)16-9-7-14(2)8-10-16/h7-10,15,17,22H,3-6,11-13H2,1-2H3,(H2,19,20,23). The molecule has 5 heteroatoms. The van der Waals surface area contributed by atoms with Gasteiger partial charge in [-0.1, -0.05) is 31.0 Å². The van der Waals surface area contributed by atoms with E-state index in [0.29, 0.717) is 13.0 Å². The van der Waals surface area contributed by atoms with Gasteiger partial charge in [0.1, 0.15) is 0 Å². The van der Waals surface area contributed by atoms with Crippen molar-refractivity contribution in [3.63, 3.8) is 0 Å². The number of hydrogen-bond acceptors (Lipinski definition) is 3. The van der Waals surface area contributed by atoms with E-state index in [4.69, 9.17) is 0 Å². The van der Waals surface area contributed by atoms with Gasteiger partial charge >= 0.3 is 6.03 Å². The lowest BCUT2D eigenvalue weighted by Crippen LogP contribution is -2.51. The summed E-state index contributed by atoms with van der Waals surface area (Å²) < 4.78 is 0. The molecular formula is C18H29N3O2. The number of aliphatic hydroxyl groups is 1. The van der Waals surface area contributed by atoms with Crippen LogP contribution in [0.15, 0.2) is 24.3 Å². The molecule has 0 radical (unpaired) electrons. The van der Waals surface area contributed by atoms with E-state index >= 15 is 0 Å². The molecule has 1 fully saturated rings. The molecule has 2 atom stereocenters. The highest BCUT2D eigenvalue weighted by Gasteiger charge is 2.21. The lowest BCUT2D eigenvalue weighted by molar-refractivity contribution is 0.159. The molecule has 1 saturated heterocycles. The van der Waals surface area contributed by atoms with Crippen molar-refractivity contribution in [2.45, 2.75) is 51.7 Å². The highest BCUT2D eigenvalue weighted by Crippen LogP contribution is 2.20. The molecule has 1 aliphatic rings. The van der Waals surface area contributed by atoms with Crippen LogP contribution in [0.25, 0.3) is 0 Å². The lowest BCUT2D eigenvalue weighted by atomic mass is 10.0. The zero-order valence-electron chi connectivity index (χ0n) is 14.2. The average Bonchev–Trinajstić information content (AvgIpc) is 2.54. The van der Waals surface area contributed by atoms with Crippen LogP contribution in [0.5, 0.6) is 0 Å². The summed E-state index contributed by atoms with van der Waals surface area (Å²) in [7, 11) is 0. The van der Waals surface area contributed by atoms with Crippen LogP contribution in [-0.4, -0.2) is 42.9 Å². The fourth-order valence-electron chi connectivity index (χ4n) is 2.97. The summed E-state index contributed by atoms with van der Waals surface area (Å²) in [4.78, 5) is 14.3. The molecular weight excluding hydrogens is 290 g/mol. The number of aliphatic hydroxyl groups excluding tert-OH is 1. The van der Waals surface area contributed by atoms with Gasteiger partial charge in [0, 0.05) is 31.4 Å². The first kappa shape index (κ1) is 17.6. The quantitative estimate of drug-likeness (QED) is 0.754. The Kier molecular flexibility index (Phi) is 6.71. The van der Waals surface area contributed by atoms with Crippen molar-refractivity contribution >= 4 is 11.7 Å². The van der Waals surface area contributed by atoms with Crippen LogP contribution in [0.1, 0.15) is 38.2 Å². The normalized spacial score (nSPS) is 19.3. The van der Waals surface area contributed by atoms with E-state index in [1.54, 1.807) is 0 Å². The Morgan fingerprint density at radius 1 is 1.39 bits per heavy atom. The smallest absolute Gasteiger partial charge is 0.315 e. The minimum absolute atomic E-state index is 0.147. The first-order valence-corrected chi connectivity index (χ1v) is 8.62. The van der Waals surface area contributed by atoms with Crippen molar-refractivity contribution in [1.82, 2.24) is 10.6 Å². The zero-order valence-corrected chi connectivity index (χ0v) is 14.2. The molecule has 0 aromatic heterocycles. The summed E-state index contributed by atoms with van der Waals surface area (Å²) in [6, 6.07) is 8.48. The Labute approximate surface area is 139 Å². The fourth-order valence-corrected chi connectivity index (χ4v) is 2.97. The van der Waals surface area contributed by atoms with Crippen LogP contribution in [0.3, 0.4) is 0 Å². The predicted molar refractivity (Wildman–Crippen MR) is 93.9 cm³/mol. The number of piperidine rings is 1. The molecule has 2 rings (SSSR count). The number of amides is 2. The number of aryl methyl sites for hydroxylation is 1. The molecule has 0 spiro atoms. The molecule has 1 aromatic rings. The van der Waals surface area contributed by atoms with Crippen LogP contribution in [0.2, 0.25) is 0 Å². The zero-order chi connectivity index (χ0) is 16.7. The summed E-state index contributed by atoms with van der Waals surface area (Å²) in [5, 5.41) is 15.4. The van der Waals surface area contributed by atoms with Crippen molar-refractivity contribution in [2.75, 3.05) is 24.5 Å². The molecule has 23 heavy (non-hydrogen) atoms. The van der Waals surface area contributed by atoms with E-state index in [1.165, 1.54) is 11.3 Å². The number of hydrogen-bond donors (Lipinski definition) is 3. The van der Waals surface area contributed by atoms with Gasteiger partial charge in [-0.25, -0.2) is 4.79 Å². The molecule has 1 heterocycles. The highest BCUT2D eigenvalue weighted by atomic mass is 16.3. The van der Waals surface area contributed by atoms with Crippen molar-refractivity contribution in [1.29, 1.82) is 0 Å². The van der Waals surface area contributed by atoms with Crippen LogP contribution >= 0.6 is 0 Å². The number of nitrogens with zero attached hydrogens (tertiary/aromatic N) is 1. The molecule has 2 amide bonds. The molecule has 2 unspecified atom stereocenters. The summed E-state index contributed by atoms with van der Waals surface area (Å²) in [5.41, 5.74) is 2.46. The number of benzene rings is 1. The lowest BCUT2D eigenvalue weighted by Gasteiger charge is -2.34. The van der Waals surface area contributed by atoms with E-state index in [2.05, 4.69) is 46.7 Å². The third-order valence-electron chi connectivity index (χ3n) is 4.28. The monoisotopic (exact) mass is 319 g/mol. The van der Waals surface area contributed by atoms with Gasteiger partial charge in [0.15, 0.2) is 0 Å². The number of carbonyl (C=O) groups excluding carboxylic acids is 1. The van der Waals surface area contributed by atoms with Gasteiger partial charge in [0.25, 0.3) is 0 Å². The first-order chi connectivity index (χ1) is 11.1. The molecule has 5 nitrogen and oxygen atoms in total. The molecule has 1 aromatic carbocycles. The van der Waals surface area contributed by atoms with Gasteiger partial charge in [-0.05, 0) is 38.3 Å². The fraction of sp³-hybridized carbons (Fsp3) is 0.611.